The van der Waals surface area contributed by atoms with Crippen LogP contribution in [-0.2, 0) is 6.42 Å². The minimum atomic E-state index is -0.0160. The first-order valence-corrected chi connectivity index (χ1v) is 6.46. The lowest BCUT2D eigenvalue weighted by Crippen LogP contribution is -2.28. The van der Waals surface area contributed by atoms with E-state index in [1.807, 2.05) is 18.2 Å². The van der Waals surface area contributed by atoms with Gasteiger partial charge in [0.2, 0.25) is 0 Å². The molecular formula is C12H16N4S. The van der Waals surface area contributed by atoms with Crippen molar-refractivity contribution in [2.24, 2.45) is 5.84 Å². The molecule has 90 valence electrons. The van der Waals surface area contributed by atoms with Crippen LogP contribution in [0.25, 0.3) is 0 Å². The van der Waals surface area contributed by atoms with E-state index in [0.29, 0.717) is 0 Å². The molecule has 0 spiro atoms. The number of aryl methyl sites for hydroxylation is 1. The van der Waals surface area contributed by atoms with Crippen LogP contribution in [0.15, 0.2) is 30.3 Å². The molecule has 0 aliphatic heterocycles. The van der Waals surface area contributed by atoms with Crippen LogP contribution in [0.3, 0.4) is 0 Å². The van der Waals surface area contributed by atoms with Crippen molar-refractivity contribution in [3.63, 3.8) is 0 Å². The van der Waals surface area contributed by atoms with Gasteiger partial charge < -0.3 is 0 Å². The number of nitrogens with two attached hydrogens (primary N) is 1. The molecule has 1 atom stereocenters. The van der Waals surface area contributed by atoms with Crippen LogP contribution in [-0.4, -0.2) is 9.59 Å². The van der Waals surface area contributed by atoms with Gasteiger partial charge in [-0.2, -0.15) is 0 Å². The molecule has 0 radical (unpaired) electrons. The zero-order chi connectivity index (χ0) is 12.1. The van der Waals surface area contributed by atoms with Gasteiger partial charge in [-0.1, -0.05) is 48.2 Å². The van der Waals surface area contributed by atoms with Gasteiger partial charge in [0.25, 0.3) is 0 Å². The molecule has 0 saturated carbocycles. The number of nitrogens with one attached hydrogen (secondary N) is 1. The summed E-state index contributed by atoms with van der Waals surface area (Å²) in [7, 11) is 0. The summed E-state index contributed by atoms with van der Waals surface area (Å²) < 4.78 is 4.03. The highest BCUT2D eigenvalue weighted by Crippen LogP contribution is 2.26. The maximum absolute atomic E-state index is 5.66. The number of rotatable bonds is 5. The summed E-state index contributed by atoms with van der Waals surface area (Å²) >= 11 is 1.41. The summed E-state index contributed by atoms with van der Waals surface area (Å²) in [4.78, 5) is 1.11. The lowest BCUT2D eigenvalue weighted by atomic mass is 10.0. The number of hydrogen-bond donors (Lipinski definition) is 2. The summed E-state index contributed by atoms with van der Waals surface area (Å²) in [5.41, 5.74) is 5.03. The summed E-state index contributed by atoms with van der Waals surface area (Å²) in [6.07, 6.45) is 2.00. The fourth-order valence-corrected chi connectivity index (χ4v) is 2.60. The van der Waals surface area contributed by atoms with E-state index in [1.54, 1.807) is 0 Å². The van der Waals surface area contributed by atoms with E-state index in [0.717, 1.165) is 29.0 Å². The molecule has 1 unspecified atom stereocenters. The first-order valence-electron chi connectivity index (χ1n) is 5.69. The molecule has 17 heavy (non-hydrogen) atoms. The molecule has 1 aromatic heterocycles. The van der Waals surface area contributed by atoms with Gasteiger partial charge in [-0.25, -0.2) is 5.43 Å². The quantitative estimate of drug-likeness (QED) is 0.628. The van der Waals surface area contributed by atoms with E-state index < -0.39 is 0 Å². The van der Waals surface area contributed by atoms with Crippen molar-refractivity contribution in [2.75, 3.05) is 0 Å². The Morgan fingerprint density at radius 3 is 2.76 bits per heavy atom. The van der Waals surface area contributed by atoms with Crippen molar-refractivity contribution in [2.45, 2.75) is 25.8 Å². The molecule has 0 aliphatic rings. The third kappa shape index (κ3) is 2.69. The summed E-state index contributed by atoms with van der Waals surface area (Å²) in [5.74, 6) is 5.66. The van der Waals surface area contributed by atoms with Crippen LogP contribution in [0.1, 0.15) is 35.5 Å². The Morgan fingerprint density at radius 1 is 1.35 bits per heavy atom. The van der Waals surface area contributed by atoms with E-state index in [9.17, 15) is 0 Å². The Morgan fingerprint density at radius 2 is 2.12 bits per heavy atom. The smallest absolute Gasteiger partial charge is 0.0837 e. The first-order chi connectivity index (χ1) is 8.36. The highest BCUT2D eigenvalue weighted by molar-refractivity contribution is 7.05. The molecule has 2 aromatic rings. The van der Waals surface area contributed by atoms with E-state index in [-0.39, 0.29) is 6.04 Å². The standard InChI is InChI=1S/C12H16N4S/c1-2-6-10-12(17-16-15-10)11(14-13)9-7-4-3-5-8-9/h3-5,7-8,11,14H,2,6,13H2,1H3. The molecule has 0 amide bonds. The predicted octanol–water partition coefficient (Wildman–Crippen LogP) is 2.04. The van der Waals surface area contributed by atoms with E-state index in [4.69, 9.17) is 5.84 Å². The summed E-state index contributed by atoms with van der Waals surface area (Å²) in [6.45, 7) is 2.14. The third-order valence-electron chi connectivity index (χ3n) is 2.63. The molecule has 0 aliphatic carbocycles. The Kier molecular flexibility index (Phi) is 4.19. The van der Waals surface area contributed by atoms with Crippen LogP contribution in [0, 0.1) is 0 Å². The number of aromatic nitrogens is 2. The lowest BCUT2D eigenvalue weighted by Gasteiger charge is -2.15. The van der Waals surface area contributed by atoms with E-state index in [2.05, 4.69) is 34.1 Å². The van der Waals surface area contributed by atoms with Crippen LogP contribution in [0.4, 0.5) is 0 Å². The highest BCUT2D eigenvalue weighted by atomic mass is 32.1. The van der Waals surface area contributed by atoms with Crippen molar-refractivity contribution in [3.05, 3.63) is 46.5 Å². The minimum absolute atomic E-state index is 0.0160. The van der Waals surface area contributed by atoms with Crippen molar-refractivity contribution in [1.29, 1.82) is 0 Å². The van der Waals surface area contributed by atoms with Crippen LogP contribution < -0.4 is 11.3 Å². The maximum atomic E-state index is 5.66. The number of benzene rings is 1. The SMILES string of the molecule is CCCc1nnsc1C(NN)c1ccccc1. The largest absolute Gasteiger partial charge is 0.271 e. The first kappa shape index (κ1) is 12.2. The molecule has 0 bridgehead atoms. The lowest BCUT2D eigenvalue weighted by molar-refractivity contribution is 0.636. The molecule has 1 aromatic carbocycles. The Balaban J connectivity index is 2.32. The molecule has 0 fully saturated rings. The summed E-state index contributed by atoms with van der Waals surface area (Å²) in [6, 6.07) is 10.1. The van der Waals surface area contributed by atoms with E-state index in [1.165, 1.54) is 11.5 Å². The summed E-state index contributed by atoms with van der Waals surface area (Å²) in [5, 5.41) is 4.17. The third-order valence-corrected chi connectivity index (χ3v) is 3.47. The second-order valence-corrected chi connectivity index (χ2v) is 4.63. The maximum Gasteiger partial charge on any atom is 0.0837 e. The van der Waals surface area contributed by atoms with Crippen molar-refractivity contribution in [1.82, 2.24) is 15.0 Å². The Hall–Kier alpha value is -1.30. The average Bonchev–Trinajstić information content (AvgIpc) is 2.81. The fourth-order valence-electron chi connectivity index (χ4n) is 1.81. The van der Waals surface area contributed by atoms with Crippen LogP contribution >= 0.6 is 11.5 Å². The monoisotopic (exact) mass is 248 g/mol. The molecular weight excluding hydrogens is 232 g/mol. The second kappa shape index (κ2) is 5.86. The number of hydrogen-bond acceptors (Lipinski definition) is 5. The minimum Gasteiger partial charge on any atom is -0.271 e. The molecule has 0 saturated heterocycles. The molecule has 2 rings (SSSR count). The van der Waals surface area contributed by atoms with Crippen molar-refractivity contribution >= 4 is 11.5 Å². The molecule has 1 heterocycles. The van der Waals surface area contributed by atoms with Crippen LogP contribution in [0.2, 0.25) is 0 Å². The topological polar surface area (TPSA) is 63.8 Å². The zero-order valence-corrected chi connectivity index (χ0v) is 10.6. The van der Waals surface area contributed by atoms with Gasteiger partial charge in [-0.15, -0.1) is 5.10 Å². The van der Waals surface area contributed by atoms with Crippen LogP contribution in [0.5, 0.6) is 0 Å². The van der Waals surface area contributed by atoms with Gasteiger partial charge >= 0.3 is 0 Å². The van der Waals surface area contributed by atoms with Gasteiger partial charge in [-0.3, -0.25) is 5.84 Å². The van der Waals surface area contributed by atoms with Crippen molar-refractivity contribution < 1.29 is 0 Å². The highest BCUT2D eigenvalue weighted by Gasteiger charge is 2.19. The van der Waals surface area contributed by atoms with E-state index >= 15 is 0 Å². The van der Waals surface area contributed by atoms with Crippen molar-refractivity contribution in [3.8, 4) is 0 Å². The average molecular weight is 248 g/mol. The van der Waals surface area contributed by atoms with Gasteiger partial charge in [-0.05, 0) is 23.5 Å². The predicted molar refractivity (Wildman–Crippen MR) is 69.5 cm³/mol. The number of nitrogens with zero attached hydrogens (tertiary/aromatic N) is 2. The molecule has 4 nitrogen and oxygen atoms in total. The second-order valence-electron chi connectivity index (χ2n) is 3.84. The molecule has 5 heteroatoms. The van der Waals surface area contributed by atoms with Gasteiger partial charge in [0.1, 0.15) is 0 Å². The fraction of sp³-hybridized carbons (Fsp3) is 0.333. The normalized spacial score (nSPS) is 12.6. The Labute approximate surface area is 105 Å². The van der Waals surface area contributed by atoms with Gasteiger partial charge in [0.05, 0.1) is 16.6 Å². The van der Waals surface area contributed by atoms with Gasteiger partial charge in [0, 0.05) is 0 Å². The molecule has 3 N–H and O–H groups in total. The zero-order valence-electron chi connectivity index (χ0n) is 9.76. The van der Waals surface area contributed by atoms with Gasteiger partial charge in [0.15, 0.2) is 0 Å². The number of hydrazine groups is 1. The Bertz CT molecular complexity index is 455.